The molecule has 118 valence electrons. The normalized spacial score (nSPS) is 11.2. The largest absolute Gasteiger partial charge is 0.341 e. The smallest absolute Gasteiger partial charge is 0.271 e. The van der Waals surface area contributed by atoms with Crippen LogP contribution in [0, 0.1) is 10.1 Å². The third-order valence-corrected chi connectivity index (χ3v) is 3.77. The zero-order valence-corrected chi connectivity index (χ0v) is 12.9. The zero-order chi connectivity index (χ0) is 16.2. The first-order valence-electron chi connectivity index (χ1n) is 7.47. The summed E-state index contributed by atoms with van der Waals surface area (Å²) in [5.41, 5.74) is 2.83. The Labute approximate surface area is 133 Å². The highest BCUT2D eigenvalue weighted by Crippen LogP contribution is 2.19. The van der Waals surface area contributed by atoms with E-state index in [0.29, 0.717) is 12.1 Å². The second kappa shape index (κ2) is 6.58. The number of nitrogens with zero attached hydrogens (tertiary/aromatic N) is 3. The highest BCUT2D eigenvalue weighted by atomic mass is 16.6. The van der Waals surface area contributed by atoms with Crippen molar-refractivity contribution in [3.63, 3.8) is 0 Å². The third-order valence-electron chi connectivity index (χ3n) is 3.77. The number of hydrogen-bond donors (Lipinski definition) is 1. The molecule has 0 saturated heterocycles. The Kier molecular flexibility index (Phi) is 4.34. The Morgan fingerprint density at radius 1 is 1.22 bits per heavy atom. The summed E-state index contributed by atoms with van der Waals surface area (Å²) in [5, 5.41) is 10.8. The summed E-state index contributed by atoms with van der Waals surface area (Å²) >= 11 is 0. The third kappa shape index (κ3) is 3.73. The van der Waals surface area contributed by atoms with Crippen molar-refractivity contribution in [1.29, 1.82) is 0 Å². The molecule has 0 aliphatic heterocycles. The van der Waals surface area contributed by atoms with Gasteiger partial charge in [-0.15, -0.1) is 0 Å². The second-order valence-corrected chi connectivity index (χ2v) is 5.62. The number of likely N-dealkylation sites (N-methyl/N-ethyl adjacent to an activating group) is 1. The molecule has 3 rings (SSSR count). The maximum Gasteiger partial charge on any atom is 0.271 e. The molecule has 0 aliphatic rings. The Hall–Kier alpha value is -2.73. The van der Waals surface area contributed by atoms with Crippen LogP contribution in [0.15, 0.2) is 48.5 Å². The number of imidazole rings is 1. The van der Waals surface area contributed by atoms with Crippen LogP contribution in [0.2, 0.25) is 0 Å². The fourth-order valence-corrected chi connectivity index (χ4v) is 2.54. The lowest BCUT2D eigenvalue weighted by atomic mass is 10.1. The molecular weight excluding hydrogens is 292 g/mol. The van der Waals surface area contributed by atoms with Gasteiger partial charge in [0, 0.05) is 18.7 Å². The monoisotopic (exact) mass is 310 g/mol. The molecule has 0 bridgehead atoms. The molecule has 0 fully saturated rings. The summed E-state index contributed by atoms with van der Waals surface area (Å²) in [6, 6.07) is 15.0. The Morgan fingerprint density at radius 2 is 2.00 bits per heavy atom. The lowest BCUT2D eigenvalue weighted by Gasteiger charge is -2.14. The first-order valence-corrected chi connectivity index (χ1v) is 7.47. The van der Waals surface area contributed by atoms with Gasteiger partial charge in [0.2, 0.25) is 0 Å². The van der Waals surface area contributed by atoms with Crippen molar-refractivity contribution in [2.75, 3.05) is 13.6 Å². The van der Waals surface area contributed by atoms with Gasteiger partial charge in [0.15, 0.2) is 0 Å². The van der Waals surface area contributed by atoms with Crippen LogP contribution in [-0.2, 0) is 13.0 Å². The maximum absolute atomic E-state index is 10.8. The van der Waals surface area contributed by atoms with Crippen LogP contribution in [0.25, 0.3) is 11.0 Å². The van der Waals surface area contributed by atoms with Crippen LogP contribution in [0.5, 0.6) is 0 Å². The summed E-state index contributed by atoms with van der Waals surface area (Å²) in [7, 11) is 2.04. The summed E-state index contributed by atoms with van der Waals surface area (Å²) in [6.45, 7) is 1.59. The molecule has 0 saturated carbocycles. The summed E-state index contributed by atoms with van der Waals surface area (Å²) < 4.78 is 0. The molecule has 23 heavy (non-hydrogen) atoms. The molecule has 2 aromatic carbocycles. The van der Waals surface area contributed by atoms with E-state index in [2.05, 4.69) is 27.0 Å². The summed E-state index contributed by atoms with van der Waals surface area (Å²) in [4.78, 5) is 20.2. The molecule has 6 heteroatoms. The maximum atomic E-state index is 10.8. The van der Waals surface area contributed by atoms with Crippen molar-refractivity contribution in [3.8, 4) is 0 Å². The molecule has 0 unspecified atom stereocenters. The molecule has 1 aromatic heterocycles. The summed E-state index contributed by atoms with van der Waals surface area (Å²) in [6.07, 6.45) is 0.975. The van der Waals surface area contributed by atoms with Crippen molar-refractivity contribution >= 4 is 16.7 Å². The number of nitrogens with one attached hydrogen (secondary N) is 1. The molecule has 1 N–H and O–H groups in total. The van der Waals surface area contributed by atoms with E-state index in [0.717, 1.165) is 24.3 Å². The van der Waals surface area contributed by atoms with Crippen molar-refractivity contribution in [2.45, 2.75) is 13.0 Å². The topological polar surface area (TPSA) is 75.1 Å². The number of non-ortho nitro benzene ring substituents is 1. The van der Waals surface area contributed by atoms with E-state index in [4.69, 9.17) is 0 Å². The van der Waals surface area contributed by atoms with Crippen molar-refractivity contribution in [2.24, 2.45) is 0 Å². The molecule has 6 nitrogen and oxygen atoms in total. The van der Waals surface area contributed by atoms with E-state index in [1.165, 1.54) is 17.7 Å². The first kappa shape index (κ1) is 15.2. The number of nitro benzene ring substituents is 1. The number of H-pyrrole nitrogens is 1. The standard InChI is InChI=1S/C17H18N4O2/c1-20(10-9-13-5-3-2-4-6-13)12-17-18-15-8-7-14(21(22)23)11-16(15)19-17/h2-8,11H,9-10,12H2,1H3,(H,18,19). The van der Waals surface area contributed by atoms with E-state index in [9.17, 15) is 10.1 Å². The Morgan fingerprint density at radius 3 is 2.74 bits per heavy atom. The van der Waals surface area contributed by atoms with Gasteiger partial charge in [-0.1, -0.05) is 30.3 Å². The Balaban J connectivity index is 1.65. The number of nitro groups is 1. The van der Waals surface area contributed by atoms with Crippen LogP contribution in [-0.4, -0.2) is 33.4 Å². The van der Waals surface area contributed by atoms with Crippen molar-refractivity contribution in [1.82, 2.24) is 14.9 Å². The minimum absolute atomic E-state index is 0.0742. The quantitative estimate of drug-likeness (QED) is 0.560. The lowest BCUT2D eigenvalue weighted by molar-refractivity contribution is -0.384. The number of rotatable bonds is 6. The minimum atomic E-state index is -0.397. The molecule has 0 aliphatic carbocycles. The van der Waals surface area contributed by atoms with Gasteiger partial charge in [-0.3, -0.25) is 15.0 Å². The number of fused-ring (bicyclic) bond motifs is 1. The first-order chi connectivity index (χ1) is 11.1. The Bertz CT molecular complexity index is 814. The average Bonchev–Trinajstić information content (AvgIpc) is 2.95. The van der Waals surface area contributed by atoms with Gasteiger partial charge >= 0.3 is 0 Å². The molecule has 1 heterocycles. The molecule has 0 atom stereocenters. The van der Waals surface area contributed by atoms with Crippen LogP contribution in [0.4, 0.5) is 5.69 Å². The van der Waals surface area contributed by atoms with Gasteiger partial charge in [0.05, 0.1) is 22.5 Å². The predicted octanol–water partition coefficient (Wildman–Crippen LogP) is 3.15. The van der Waals surface area contributed by atoms with Gasteiger partial charge in [-0.25, -0.2) is 4.98 Å². The fraction of sp³-hybridized carbons (Fsp3) is 0.235. The van der Waals surface area contributed by atoms with E-state index >= 15 is 0 Å². The molecular formula is C17H18N4O2. The van der Waals surface area contributed by atoms with E-state index in [1.807, 2.05) is 25.2 Å². The van der Waals surface area contributed by atoms with Crippen LogP contribution in [0.1, 0.15) is 11.4 Å². The number of aromatic amines is 1. The van der Waals surface area contributed by atoms with Crippen molar-refractivity contribution in [3.05, 3.63) is 70.0 Å². The van der Waals surface area contributed by atoms with E-state index in [1.54, 1.807) is 6.07 Å². The van der Waals surface area contributed by atoms with Gasteiger partial charge in [0.1, 0.15) is 5.82 Å². The van der Waals surface area contributed by atoms with E-state index < -0.39 is 4.92 Å². The van der Waals surface area contributed by atoms with Crippen LogP contribution >= 0.6 is 0 Å². The minimum Gasteiger partial charge on any atom is -0.341 e. The van der Waals surface area contributed by atoms with E-state index in [-0.39, 0.29) is 5.69 Å². The lowest BCUT2D eigenvalue weighted by Crippen LogP contribution is -2.21. The number of benzene rings is 2. The highest BCUT2D eigenvalue weighted by Gasteiger charge is 2.10. The van der Waals surface area contributed by atoms with Crippen LogP contribution < -0.4 is 0 Å². The van der Waals surface area contributed by atoms with Gasteiger partial charge in [0.25, 0.3) is 5.69 Å². The number of hydrogen-bond acceptors (Lipinski definition) is 4. The van der Waals surface area contributed by atoms with Crippen molar-refractivity contribution < 1.29 is 4.92 Å². The number of aromatic nitrogens is 2. The predicted molar refractivity (Wildman–Crippen MR) is 89.2 cm³/mol. The summed E-state index contributed by atoms with van der Waals surface area (Å²) in [5.74, 6) is 0.816. The fourth-order valence-electron chi connectivity index (χ4n) is 2.54. The molecule has 3 aromatic rings. The molecule has 0 spiro atoms. The molecule has 0 amide bonds. The SMILES string of the molecule is CN(CCc1ccccc1)Cc1nc2ccc([N+](=O)[O-])cc2[nH]1. The average molecular weight is 310 g/mol. The van der Waals surface area contributed by atoms with Gasteiger partial charge in [-0.05, 0) is 25.1 Å². The molecule has 0 radical (unpaired) electrons. The van der Waals surface area contributed by atoms with Crippen LogP contribution in [0.3, 0.4) is 0 Å². The highest BCUT2D eigenvalue weighted by molar-refractivity contribution is 5.77. The van der Waals surface area contributed by atoms with Gasteiger partial charge in [-0.2, -0.15) is 0 Å². The van der Waals surface area contributed by atoms with Gasteiger partial charge < -0.3 is 4.98 Å². The second-order valence-electron chi connectivity index (χ2n) is 5.62. The zero-order valence-electron chi connectivity index (χ0n) is 12.9.